The minimum atomic E-state index is -3.83. The molecular weight excluding hydrogens is 491 g/mol. The van der Waals surface area contributed by atoms with Crippen LogP contribution < -0.4 is 9.62 Å². The molecule has 1 fully saturated rings. The van der Waals surface area contributed by atoms with E-state index in [4.69, 9.17) is 0 Å². The SMILES string of the molecule is Cn1ccnc1CN(C(=O)CCC1CCCC1)c1ccc2c(c1)C(NS(=O)(=O)c1ccc(F)cc1)CC2. The van der Waals surface area contributed by atoms with Crippen molar-refractivity contribution in [2.75, 3.05) is 4.90 Å². The Morgan fingerprint density at radius 1 is 1.14 bits per heavy atom. The first-order valence-corrected chi connectivity index (χ1v) is 14.5. The lowest BCUT2D eigenvalue weighted by Crippen LogP contribution is -2.32. The average Bonchev–Trinajstić information content (AvgIpc) is 3.63. The van der Waals surface area contributed by atoms with Gasteiger partial charge in [0.2, 0.25) is 15.9 Å². The molecule has 2 aliphatic carbocycles. The van der Waals surface area contributed by atoms with E-state index in [0.717, 1.165) is 47.6 Å². The molecule has 2 aromatic carbocycles. The van der Waals surface area contributed by atoms with Crippen molar-refractivity contribution < 1.29 is 17.6 Å². The molecule has 1 atom stereocenters. The van der Waals surface area contributed by atoms with E-state index in [2.05, 4.69) is 9.71 Å². The Balaban J connectivity index is 1.39. The Bertz CT molecular complexity index is 1360. The summed E-state index contributed by atoms with van der Waals surface area (Å²) < 4.78 is 44.0. The van der Waals surface area contributed by atoms with Crippen LogP contribution in [0.4, 0.5) is 10.1 Å². The Kier molecular flexibility index (Phi) is 7.44. The van der Waals surface area contributed by atoms with E-state index in [1.807, 2.05) is 36.0 Å². The Morgan fingerprint density at radius 3 is 2.59 bits per heavy atom. The van der Waals surface area contributed by atoms with Gasteiger partial charge in [0, 0.05) is 37.6 Å². The van der Waals surface area contributed by atoms with E-state index in [9.17, 15) is 17.6 Å². The summed E-state index contributed by atoms with van der Waals surface area (Å²) in [5.41, 5.74) is 2.67. The predicted octanol–water partition coefficient (Wildman–Crippen LogP) is 5.03. The van der Waals surface area contributed by atoms with Gasteiger partial charge < -0.3 is 9.47 Å². The summed E-state index contributed by atoms with van der Waals surface area (Å²) in [6, 6.07) is 10.3. The Morgan fingerprint density at radius 2 is 1.89 bits per heavy atom. The van der Waals surface area contributed by atoms with Crippen LogP contribution in [0.1, 0.15) is 67.9 Å². The normalized spacial score (nSPS) is 17.7. The topological polar surface area (TPSA) is 84.3 Å². The molecule has 9 heteroatoms. The number of benzene rings is 2. The number of anilines is 1. The molecule has 1 N–H and O–H groups in total. The maximum Gasteiger partial charge on any atom is 0.241 e. The van der Waals surface area contributed by atoms with Crippen molar-refractivity contribution in [2.24, 2.45) is 13.0 Å². The van der Waals surface area contributed by atoms with Gasteiger partial charge in [0.15, 0.2) is 0 Å². The van der Waals surface area contributed by atoms with Crippen LogP contribution in [0.5, 0.6) is 0 Å². The molecule has 5 rings (SSSR count). The minimum absolute atomic E-state index is 0.0250. The van der Waals surface area contributed by atoms with Crippen LogP contribution >= 0.6 is 0 Å². The number of carbonyl (C=O) groups is 1. The summed E-state index contributed by atoms with van der Waals surface area (Å²) >= 11 is 0. The lowest BCUT2D eigenvalue weighted by molar-refractivity contribution is -0.119. The number of halogens is 1. The quantitative estimate of drug-likeness (QED) is 0.426. The molecule has 0 spiro atoms. The van der Waals surface area contributed by atoms with Gasteiger partial charge >= 0.3 is 0 Å². The van der Waals surface area contributed by atoms with Crippen LogP contribution in [0.3, 0.4) is 0 Å². The maximum atomic E-state index is 13.5. The number of nitrogens with zero attached hydrogens (tertiary/aromatic N) is 3. The molecule has 0 saturated heterocycles. The number of imidazole rings is 1. The van der Waals surface area contributed by atoms with E-state index in [-0.39, 0.29) is 10.8 Å². The van der Waals surface area contributed by atoms with Gasteiger partial charge in [-0.2, -0.15) is 0 Å². The smallest absolute Gasteiger partial charge is 0.241 e. The molecular formula is C28H33FN4O3S. The van der Waals surface area contributed by atoms with Crippen molar-refractivity contribution in [3.63, 3.8) is 0 Å². The number of carbonyl (C=O) groups excluding carboxylic acids is 1. The summed E-state index contributed by atoms with van der Waals surface area (Å²) in [7, 11) is -1.92. The fourth-order valence-electron chi connectivity index (χ4n) is 5.52. The largest absolute Gasteiger partial charge is 0.337 e. The number of fused-ring (bicyclic) bond motifs is 1. The second-order valence-corrected chi connectivity index (χ2v) is 11.9. The molecule has 37 heavy (non-hydrogen) atoms. The van der Waals surface area contributed by atoms with Crippen molar-refractivity contribution in [3.05, 3.63) is 77.6 Å². The molecule has 7 nitrogen and oxygen atoms in total. The van der Waals surface area contributed by atoms with Crippen LogP contribution in [0.15, 0.2) is 59.8 Å². The fourth-order valence-corrected chi connectivity index (χ4v) is 6.77. The van der Waals surface area contributed by atoms with Crippen LogP contribution in [-0.2, 0) is 34.8 Å². The molecule has 0 bridgehead atoms. The number of sulfonamides is 1. The molecule has 1 heterocycles. The standard InChI is InChI=1S/C28H33FN4O3S/c1-32-17-16-30-27(32)19-33(28(34)15-6-20-4-2-3-5-20)23-11-7-21-8-14-26(25(21)18-23)31-37(35,36)24-12-9-22(29)10-13-24/h7,9-13,16-18,20,26,31H,2-6,8,14-15,19H2,1H3. The highest BCUT2D eigenvalue weighted by atomic mass is 32.2. The third kappa shape index (κ3) is 5.78. The van der Waals surface area contributed by atoms with Crippen molar-refractivity contribution in [2.45, 2.75) is 68.8 Å². The average molecular weight is 525 g/mol. The van der Waals surface area contributed by atoms with Gasteiger partial charge in [0.05, 0.1) is 11.4 Å². The molecule has 196 valence electrons. The number of hydrogen-bond acceptors (Lipinski definition) is 4. The van der Waals surface area contributed by atoms with Crippen LogP contribution in [0.25, 0.3) is 0 Å². The number of amides is 1. The number of hydrogen-bond donors (Lipinski definition) is 1. The van der Waals surface area contributed by atoms with Crippen molar-refractivity contribution in [1.29, 1.82) is 0 Å². The van der Waals surface area contributed by atoms with E-state index >= 15 is 0 Å². The third-order valence-corrected chi connectivity index (χ3v) is 9.19. The lowest BCUT2D eigenvalue weighted by atomic mass is 10.0. The zero-order valence-electron chi connectivity index (χ0n) is 21.1. The summed E-state index contributed by atoms with van der Waals surface area (Å²) in [5.74, 6) is 0.962. The lowest BCUT2D eigenvalue weighted by Gasteiger charge is -2.25. The van der Waals surface area contributed by atoms with E-state index in [1.165, 1.54) is 37.8 Å². The number of aromatic nitrogens is 2. The first kappa shape index (κ1) is 25.6. The van der Waals surface area contributed by atoms with Gasteiger partial charge in [-0.15, -0.1) is 0 Å². The zero-order valence-corrected chi connectivity index (χ0v) is 21.9. The third-order valence-electron chi connectivity index (χ3n) is 7.70. The minimum Gasteiger partial charge on any atom is -0.337 e. The highest BCUT2D eigenvalue weighted by molar-refractivity contribution is 7.89. The maximum absolute atomic E-state index is 13.5. The summed E-state index contributed by atoms with van der Waals surface area (Å²) in [6.45, 7) is 0.345. The first-order valence-electron chi connectivity index (χ1n) is 13.0. The monoisotopic (exact) mass is 524 g/mol. The summed E-state index contributed by atoms with van der Waals surface area (Å²) in [6.07, 6.45) is 11.2. The summed E-state index contributed by atoms with van der Waals surface area (Å²) in [5, 5.41) is 0. The molecule has 0 radical (unpaired) electrons. The van der Waals surface area contributed by atoms with Gasteiger partial charge in [-0.05, 0) is 72.7 Å². The molecule has 1 amide bonds. The number of rotatable bonds is 9. The molecule has 2 aliphatic rings. The van der Waals surface area contributed by atoms with E-state index in [0.29, 0.717) is 25.3 Å². The van der Waals surface area contributed by atoms with E-state index < -0.39 is 21.9 Å². The molecule has 0 aliphatic heterocycles. The highest BCUT2D eigenvalue weighted by Crippen LogP contribution is 2.36. The number of aryl methyl sites for hydroxylation is 2. The number of nitrogens with one attached hydrogen (secondary N) is 1. The van der Waals surface area contributed by atoms with Gasteiger partial charge in [-0.1, -0.05) is 31.7 Å². The van der Waals surface area contributed by atoms with Crippen LogP contribution in [0.2, 0.25) is 0 Å². The molecule has 1 unspecified atom stereocenters. The van der Waals surface area contributed by atoms with Gasteiger partial charge in [-0.3, -0.25) is 4.79 Å². The van der Waals surface area contributed by atoms with Crippen LogP contribution in [0, 0.1) is 11.7 Å². The van der Waals surface area contributed by atoms with Gasteiger partial charge in [0.25, 0.3) is 0 Å². The zero-order chi connectivity index (χ0) is 26.0. The first-order chi connectivity index (χ1) is 17.8. The van der Waals surface area contributed by atoms with E-state index in [1.54, 1.807) is 11.1 Å². The van der Waals surface area contributed by atoms with Gasteiger partial charge in [0.1, 0.15) is 11.6 Å². The Hall–Kier alpha value is -3.04. The second-order valence-electron chi connectivity index (χ2n) is 10.2. The molecule has 3 aromatic rings. The predicted molar refractivity (Wildman–Crippen MR) is 140 cm³/mol. The fraction of sp³-hybridized carbons (Fsp3) is 0.429. The van der Waals surface area contributed by atoms with Crippen molar-refractivity contribution in [3.8, 4) is 0 Å². The Labute approximate surface area is 217 Å². The highest BCUT2D eigenvalue weighted by Gasteiger charge is 2.29. The second kappa shape index (κ2) is 10.8. The van der Waals surface area contributed by atoms with Crippen molar-refractivity contribution >= 4 is 21.6 Å². The molecule has 1 saturated carbocycles. The molecule has 1 aromatic heterocycles. The van der Waals surface area contributed by atoms with Crippen molar-refractivity contribution in [1.82, 2.24) is 14.3 Å². The summed E-state index contributed by atoms with van der Waals surface area (Å²) in [4.78, 5) is 19.7. The van der Waals surface area contributed by atoms with Gasteiger partial charge in [-0.25, -0.2) is 22.5 Å². The van der Waals surface area contributed by atoms with Crippen LogP contribution in [-0.4, -0.2) is 23.9 Å².